The van der Waals surface area contributed by atoms with Crippen molar-refractivity contribution in [3.05, 3.63) is 11.8 Å². The molecule has 3 heteroatoms. The summed E-state index contributed by atoms with van der Waals surface area (Å²) in [4.78, 5) is 0. The third-order valence-corrected chi connectivity index (χ3v) is 2.63. The van der Waals surface area contributed by atoms with E-state index >= 15 is 0 Å². The van der Waals surface area contributed by atoms with Crippen molar-refractivity contribution in [1.29, 1.82) is 0 Å². The summed E-state index contributed by atoms with van der Waals surface area (Å²) >= 11 is 0. The number of hydrogen-bond donors (Lipinski definition) is 1. The Kier molecular flexibility index (Phi) is 1.60. The number of hydrogen-bond acceptors (Lipinski definition) is 2. The van der Waals surface area contributed by atoms with Crippen molar-refractivity contribution in [2.45, 2.75) is 32.7 Å². The molecule has 0 unspecified atom stereocenters. The number of nitrogens with zero attached hydrogens (tertiary/aromatic N) is 2. The third kappa shape index (κ3) is 1.19. The summed E-state index contributed by atoms with van der Waals surface area (Å²) in [5, 5.41) is 4.27. The smallest absolute Gasteiger partial charge is 0.145 e. The van der Waals surface area contributed by atoms with Gasteiger partial charge in [-0.1, -0.05) is 0 Å². The highest BCUT2D eigenvalue weighted by Gasteiger charge is 2.30. The molecule has 1 atom stereocenters. The zero-order chi connectivity index (χ0) is 8.72. The van der Waals surface area contributed by atoms with Crippen LogP contribution in [-0.2, 0) is 0 Å². The van der Waals surface area contributed by atoms with Gasteiger partial charge in [-0.25, -0.2) is 0 Å². The Balaban J connectivity index is 2.25. The minimum absolute atomic E-state index is 0.530. The summed E-state index contributed by atoms with van der Waals surface area (Å²) in [5.74, 6) is 1.48. The predicted octanol–water partition coefficient (Wildman–Crippen LogP) is 1.74. The van der Waals surface area contributed by atoms with Gasteiger partial charge in [-0.15, -0.1) is 0 Å². The molecule has 1 heterocycles. The maximum absolute atomic E-state index is 5.61. The number of anilines is 1. The molecular weight excluding hydrogens is 150 g/mol. The average molecular weight is 165 g/mol. The van der Waals surface area contributed by atoms with Crippen LogP contribution in [0.4, 0.5) is 5.82 Å². The van der Waals surface area contributed by atoms with Crippen LogP contribution in [0, 0.1) is 12.8 Å². The molecule has 0 amide bonds. The fourth-order valence-corrected chi connectivity index (χ4v) is 1.70. The molecule has 12 heavy (non-hydrogen) atoms. The maximum atomic E-state index is 5.61. The molecule has 1 aromatic heterocycles. The monoisotopic (exact) mass is 165 g/mol. The van der Waals surface area contributed by atoms with Gasteiger partial charge in [0, 0.05) is 11.8 Å². The van der Waals surface area contributed by atoms with Gasteiger partial charge in [-0.05, 0) is 32.6 Å². The molecule has 0 aliphatic heterocycles. The van der Waals surface area contributed by atoms with Crippen LogP contribution in [0.25, 0.3) is 0 Å². The second-order valence-electron chi connectivity index (χ2n) is 3.73. The van der Waals surface area contributed by atoms with Crippen molar-refractivity contribution in [1.82, 2.24) is 9.78 Å². The zero-order valence-corrected chi connectivity index (χ0v) is 7.62. The van der Waals surface area contributed by atoms with Gasteiger partial charge in [0.05, 0.1) is 6.04 Å². The average Bonchev–Trinajstić information content (AvgIpc) is 2.77. The van der Waals surface area contributed by atoms with E-state index in [0.717, 1.165) is 5.92 Å². The van der Waals surface area contributed by atoms with Crippen molar-refractivity contribution < 1.29 is 0 Å². The number of nitrogen functional groups attached to an aromatic ring is 1. The van der Waals surface area contributed by atoms with E-state index in [2.05, 4.69) is 18.9 Å². The van der Waals surface area contributed by atoms with Gasteiger partial charge in [0.25, 0.3) is 0 Å². The van der Waals surface area contributed by atoms with Crippen LogP contribution >= 0.6 is 0 Å². The van der Waals surface area contributed by atoms with Crippen LogP contribution in [0.3, 0.4) is 0 Å². The van der Waals surface area contributed by atoms with Crippen molar-refractivity contribution in [3.8, 4) is 0 Å². The number of nitrogens with two attached hydrogens (primary N) is 1. The Labute approximate surface area is 72.6 Å². The number of rotatable bonds is 2. The molecule has 1 aliphatic rings. The van der Waals surface area contributed by atoms with E-state index in [1.807, 2.05) is 10.7 Å². The van der Waals surface area contributed by atoms with Crippen LogP contribution in [0.1, 0.15) is 31.5 Å². The third-order valence-electron chi connectivity index (χ3n) is 2.63. The van der Waals surface area contributed by atoms with E-state index in [4.69, 9.17) is 5.73 Å². The summed E-state index contributed by atoms with van der Waals surface area (Å²) in [6, 6.07) is 2.46. The Morgan fingerprint density at radius 3 is 2.75 bits per heavy atom. The summed E-state index contributed by atoms with van der Waals surface area (Å²) in [6.45, 7) is 4.28. The molecule has 1 aliphatic carbocycles. The molecule has 2 rings (SSSR count). The molecule has 3 nitrogen and oxygen atoms in total. The predicted molar refractivity (Wildman–Crippen MR) is 48.8 cm³/mol. The topological polar surface area (TPSA) is 43.8 Å². The lowest BCUT2D eigenvalue weighted by Crippen LogP contribution is -2.10. The highest BCUT2D eigenvalue weighted by atomic mass is 15.3. The SMILES string of the molecule is Cc1cc(N)nn1[C@H](C)C1CC1. The molecular formula is C9H15N3. The second kappa shape index (κ2) is 2.51. The van der Waals surface area contributed by atoms with Crippen molar-refractivity contribution in [3.63, 3.8) is 0 Å². The van der Waals surface area contributed by atoms with Crippen LogP contribution < -0.4 is 5.73 Å². The first-order valence-corrected chi connectivity index (χ1v) is 4.50. The lowest BCUT2D eigenvalue weighted by atomic mass is 10.2. The normalized spacial score (nSPS) is 19.5. The van der Waals surface area contributed by atoms with Crippen LogP contribution in [-0.4, -0.2) is 9.78 Å². The van der Waals surface area contributed by atoms with E-state index < -0.39 is 0 Å². The van der Waals surface area contributed by atoms with E-state index in [1.54, 1.807) is 0 Å². The maximum Gasteiger partial charge on any atom is 0.145 e. The number of aromatic nitrogens is 2. The highest BCUT2D eigenvalue weighted by Crippen LogP contribution is 2.39. The van der Waals surface area contributed by atoms with Gasteiger partial charge in [-0.3, -0.25) is 4.68 Å². The lowest BCUT2D eigenvalue weighted by molar-refractivity contribution is 0.432. The molecule has 0 saturated heterocycles. The van der Waals surface area contributed by atoms with Gasteiger partial charge >= 0.3 is 0 Å². The van der Waals surface area contributed by atoms with Gasteiger partial charge < -0.3 is 5.73 Å². The van der Waals surface area contributed by atoms with E-state index in [1.165, 1.54) is 18.5 Å². The summed E-state index contributed by atoms with van der Waals surface area (Å²) < 4.78 is 2.05. The van der Waals surface area contributed by atoms with Crippen LogP contribution in [0.2, 0.25) is 0 Å². The van der Waals surface area contributed by atoms with Gasteiger partial charge in [0.1, 0.15) is 5.82 Å². The summed E-state index contributed by atoms with van der Waals surface area (Å²) in [5.41, 5.74) is 6.78. The first-order chi connectivity index (χ1) is 5.68. The largest absolute Gasteiger partial charge is 0.382 e. The number of aryl methyl sites for hydroxylation is 1. The van der Waals surface area contributed by atoms with Crippen LogP contribution in [0.5, 0.6) is 0 Å². The quantitative estimate of drug-likeness (QED) is 0.725. The standard InChI is InChI=1S/C9H15N3/c1-6-5-9(10)11-12(6)7(2)8-3-4-8/h5,7-8H,3-4H2,1-2H3,(H2,10,11)/t7-/m1/s1. The molecule has 1 saturated carbocycles. The lowest BCUT2D eigenvalue weighted by Gasteiger charge is -2.12. The Bertz CT molecular complexity index is 286. The first-order valence-electron chi connectivity index (χ1n) is 4.50. The van der Waals surface area contributed by atoms with E-state index in [-0.39, 0.29) is 0 Å². The van der Waals surface area contributed by atoms with E-state index in [9.17, 15) is 0 Å². The molecule has 0 radical (unpaired) electrons. The van der Waals surface area contributed by atoms with E-state index in [0.29, 0.717) is 11.9 Å². The molecule has 2 N–H and O–H groups in total. The zero-order valence-electron chi connectivity index (χ0n) is 7.62. The Hall–Kier alpha value is -0.990. The Morgan fingerprint density at radius 1 is 1.67 bits per heavy atom. The molecule has 1 fully saturated rings. The molecule has 0 aromatic carbocycles. The van der Waals surface area contributed by atoms with Crippen molar-refractivity contribution >= 4 is 5.82 Å². The van der Waals surface area contributed by atoms with Gasteiger partial charge in [0.2, 0.25) is 0 Å². The van der Waals surface area contributed by atoms with Crippen molar-refractivity contribution in [2.24, 2.45) is 5.92 Å². The summed E-state index contributed by atoms with van der Waals surface area (Å²) in [7, 11) is 0. The molecule has 0 spiro atoms. The molecule has 1 aromatic rings. The van der Waals surface area contributed by atoms with Gasteiger partial charge in [-0.2, -0.15) is 5.10 Å². The van der Waals surface area contributed by atoms with Gasteiger partial charge in [0.15, 0.2) is 0 Å². The van der Waals surface area contributed by atoms with Crippen LogP contribution in [0.15, 0.2) is 6.07 Å². The fourth-order valence-electron chi connectivity index (χ4n) is 1.70. The second-order valence-corrected chi connectivity index (χ2v) is 3.73. The minimum Gasteiger partial charge on any atom is -0.382 e. The molecule has 0 bridgehead atoms. The summed E-state index contributed by atoms with van der Waals surface area (Å²) in [6.07, 6.45) is 2.70. The Morgan fingerprint density at radius 2 is 2.33 bits per heavy atom. The minimum atomic E-state index is 0.530. The first kappa shape index (κ1) is 7.65. The van der Waals surface area contributed by atoms with Crippen molar-refractivity contribution in [2.75, 3.05) is 5.73 Å². The molecule has 66 valence electrons. The highest BCUT2D eigenvalue weighted by molar-refractivity contribution is 5.29. The fraction of sp³-hybridized carbons (Fsp3) is 0.667.